The van der Waals surface area contributed by atoms with E-state index in [0.29, 0.717) is 13.0 Å². The Morgan fingerprint density at radius 1 is 1.27 bits per heavy atom. The van der Waals surface area contributed by atoms with E-state index in [1.165, 1.54) is 41.1 Å². The highest BCUT2D eigenvalue weighted by molar-refractivity contribution is 6.04. The van der Waals surface area contributed by atoms with Crippen LogP contribution >= 0.6 is 0 Å². The van der Waals surface area contributed by atoms with Gasteiger partial charge in [0.05, 0.1) is 11.3 Å². The Hall–Kier alpha value is -3.29. The Bertz CT molecular complexity index is 869. The van der Waals surface area contributed by atoms with E-state index in [1.807, 2.05) is 0 Å². The molecule has 0 unspecified atom stereocenters. The van der Waals surface area contributed by atoms with Crippen molar-refractivity contribution in [2.24, 2.45) is 0 Å². The maximum Gasteiger partial charge on any atom is 0.354 e. The van der Waals surface area contributed by atoms with Crippen LogP contribution in [-0.4, -0.2) is 52.4 Å². The highest BCUT2D eigenvalue weighted by Gasteiger charge is 2.38. The molecule has 1 aromatic heterocycles. The molecule has 0 radical (unpaired) electrons. The molecule has 1 aromatic carbocycles. The van der Waals surface area contributed by atoms with Crippen molar-refractivity contribution in [1.82, 2.24) is 9.88 Å². The highest BCUT2D eigenvalue weighted by Crippen LogP contribution is 2.26. The van der Waals surface area contributed by atoms with Crippen LogP contribution < -0.4 is 4.90 Å². The summed E-state index contributed by atoms with van der Waals surface area (Å²) in [6.45, 7) is 0.304. The van der Waals surface area contributed by atoms with Gasteiger partial charge in [-0.05, 0) is 30.7 Å². The molecule has 1 saturated heterocycles. The van der Waals surface area contributed by atoms with E-state index in [-0.39, 0.29) is 22.9 Å². The number of rotatable bonds is 4. The van der Waals surface area contributed by atoms with E-state index in [0.717, 1.165) is 6.20 Å². The quantitative estimate of drug-likeness (QED) is 0.901. The van der Waals surface area contributed by atoms with Crippen molar-refractivity contribution in [3.05, 3.63) is 59.7 Å². The molecule has 1 aliphatic rings. The third-order valence-electron chi connectivity index (χ3n) is 4.34. The summed E-state index contributed by atoms with van der Waals surface area (Å²) in [5.41, 5.74) is 0.190. The van der Waals surface area contributed by atoms with Crippen LogP contribution in [0.5, 0.6) is 0 Å². The van der Waals surface area contributed by atoms with Crippen LogP contribution in [0.2, 0.25) is 0 Å². The number of carboxylic acid groups (broad SMARTS) is 1. The monoisotopic (exact) mass is 357 g/mol. The second-order valence-corrected chi connectivity index (χ2v) is 5.90. The standard InChI is InChI=1S/C18H16FN3O4/c1-21(16(23)11-6-7-13(18(25)26)20-10-11)15-8-9-22(17(15)24)14-5-3-2-4-12(14)19/h2-7,10,15H,8-9H2,1H3,(H,25,26)/t15-/m0/s1. The number of aromatic carboxylic acids is 1. The zero-order valence-corrected chi connectivity index (χ0v) is 13.9. The third-order valence-corrected chi connectivity index (χ3v) is 4.34. The first-order valence-electron chi connectivity index (χ1n) is 7.92. The van der Waals surface area contributed by atoms with Crippen LogP contribution in [0.1, 0.15) is 27.3 Å². The number of hydrogen-bond acceptors (Lipinski definition) is 4. The van der Waals surface area contributed by atoms with Gasteiger partial charge < -0.3 is 14.9 Å². The lowest BCUT2D eigenvalue weighted by Crippen LogP contribution is -2.43. The van der Waals surface area contributed by atoms with Gasteiger partial charge in [-0.3, -0.25) is 9.59 Å². The van der Waals surface area contributed by atoms with E-state index in [2.05, 4.69) is 4.98 Å². The normalized spacial score (nSPS) is 16.6. The Morgan fingerprint density at radius 2 is 2.00 bits per heavy atom. The number of anilines is 1. The van der Waals surface area contributed by atoms with Crippen molar-refractivity contribution in [3.63, 3.8) is 0 Å². The Morgan fingerprint density at radius 3 is 2.62 bits per heavy atom. The number of amides is 2. The molecule has 2 amide bonds. The van der Waals surface area contributed by atoms with Crippen molar-refractivity contribution in [2.75, 3.05) is 18.5 Å². The smallest absolute Gasteiger partial charge is 0.354 e. The number of para-hydroxylation sites is 1. The van der Waals surface area contributed by atoms with E-state index in [9.17, 15) is 18.8 Å². The minimum absolute atomic E-state index is 0.174. The Labute approximate surface area is 148 Å². The van der Waals surface area contributed by atoms with Crippen molar-refractivity contribution in [2.45, 2.75) is 12.5 Å². The van der Waals surface area contributed by atoms with Gasteiger partial charge in [-0.1, -0.05) is 12.1 Å². The Balaban J connectivity index is 1.77. The van der Waals surface area contributed by atoms with Crippen LogP contribution in [0.4, 0.5) is 10.1 Å². The van der Waals surface area contributed by atoms with Crippen LogP contribution in [0.15, 0.2) is 42.6 Å². The molecular weight excluding hydrogens is 341 g/mol. The summed E-state index contributed by atoms with van der Waals surface area (Å²) >= 11 is 0. The van der Waals surface area contributed by atoms with E-state index < -0.39 is 23.7 Å². The first-order valence-corrected chi connectivity index (χ1v) is 7.92. The molecule has 8 heteroatoms. The van der Waals surface area contributed by atoms with Crippen LogP contribution in [0, 0.1) is 5.82 Å². The van der Waals surface area contributed by atoms with Crippen LogP contribution in [-0.2, 0) is 4.79 Å². The summed E-state index contributed by atoms with van der Waals surface area (Å²) in [5, 5.41) is 8.85. The van der Waals surface area contributed by atoms with Crippen molar-refractivity contribution in [1.29, 1.82) is 0 Å². The number of carboxylic acids is 1. The topological polar surface area (TPSA) is 90.8 Å². The van der Waals surface area contributed by atoms with E-state index in [1.54, 1.807) is 12.1 Å². The fraction of sp³-hybridized carbons (Fsp3) is 0.222. The second kappa shape index (κ2) is 6.91. The van der Waals surface area contributed by atoms with E-state index in [4.69, 9.17) is 5.11 Å². The van der Waals surface area contributed by atoms with Crippen molar-refractivity contribution in [3.8, 4) is 0 Å². The molecule has 1 aliphatic heterocycles. The molecule has 0 bridgehead atoms. The summed E-state index contributed by atoms with van der Waals surface area (Å²) in [7, 11) is 1.49. The van der Waals surface area contributed by atoms with Gasteiger partial charge in [0.1, 0.15) is 17.6 Å². The largest absolute Gasteiger partial charge is 0.477 e. The van der Waals surface area contributed by atoms with Gasteiger partial charge in [0, 0.05) is 19.8 Å². The summed E-state index contributed by atoms with van der Waals surface area (Å²) in [6.07, 6.45) is 1.53. The molecule has 3 rings (SSSR count). The Kier molecular flexibility index (Phi) is 4.66. The zero-order chi connectivity index (χ0) is 18.8. The molecule has 1 fully saturated rings. The maximum atomic E-state index is 13.9. The van der Waals surface area contributed by atoms with Crippen molar-refractivity contribution >= 4 is 23.5 Å². The summed E-state index contributed by atoms with van der Waals surface area (Å²) in [5.74, 6) is -2.50. The number of nitrogens with zero attached hydrogens (tertiary/aromatic N) is 3. The molecule has 2 aromatic rings. The predicted octanol–water partition coefficient (Wildman–Crippen LogP) is 1.80. The lowest BCUT2D eigenvalue weighted by atomic mass is 10.1. The van der Waals surface area contributed by atoms with Crippen molar-refractivity contribution < 1.29 is 23.9 Å². The molecule has 1 N–H and O–H groups in total. The minimum Gasteiger partial charge on any atom is -0.477 e. The molecule has 7 nitrogen and oxygen atoms in total. The number of aromatic nitrogens is 1. The van der Waals surface area contributed by atoms with Crippen LogP contribution in [0.25, 0.3) is 0 Å². The van der Waals surface area contributed by atoms with Gasteiger partial charge in [-0.2, -0.15) is 0 Å². The fourth-order valence-corrected chi connectivity index (χ4v) is 2.93. The first kappa shape index (κ1) is 17.5. The zero-order valence-electron chi connectivity index (χ0n) is 13.9. The number of carbonyl (C=O) groups is 3. The SMILES string of the molecule is CN(C(=O)c1ccc(C(=O)O)nc1)[C@H]1CCN(c2ccccc2F)C1=O. The highest BCUT2D eigenvalue weighted by atomic mass is 19.1. The summed E-state index contributed by atoms with van der Waals surface area (Å²) in [6, 6.07) is 7.84. The maximum absolute atomic E-state index is 13.9. The number of pyridine rings is 1. The lowest BCUT2D eigenvalue weighted by molar-refractivity contribution is -0.120. The number of benzene rings is 1. The van der Waals surface area contributed by atoms with Gasteiger partial charge in [0.15, 0.2) is 0 Å². The molecular formula is C18H16FN3O4. The molecule has 1 atom stereocenters. The van der Waals surface area contributed by atoms with Gasteiger partial charge >= 0.3 is 5.97 Å². The van der Waals surface area contributed by atoms with Gasteiger partial charge in [-0.25, -0.2) is 14.2 Å². The number of halogens is 1. The molecule has 0 saturated carbocycles. The average molecular weight is 357 g/mol. The van der Waals surface area contributed by atoms with Gasteiger partial charge in [0.25, 0.3) is 5.91 Å². The predicted molar refractivity (Wildman–Crippen MR) is 90.4 cm³/mol. The first-order chi connectivity index (χ1) is 12.4. The minimum atomic E-state index is -1.19. The average Bonchev–Trinajstić information content (AvgIpc) is 3.02. The lowest BCUT2D eigenvalue weighted by Gasteiger charge is -2.24. The fourth-order valence-electron chi connectivity index (χ4n) is 2.93. The summed E-state index contributed by atoms with van der Waals surface area (Å²) < 4.78 is 13.9. The number of hydrogen-bond donors (Lipinski definition) is 1. The molecule has 0 aliphatic carbocycles. The number of likely N-dealkylation sites (N-methyl/N-ethyl adjacent to an activating group) is 1. The van der Waals surface area contributed by atoms with Gasteiger partial charge in [-0.15, -0.1) is 0 Å². The van der Waals surface area contributed by atoms with Gasteiger partial charge in [0.2, 0.25) is 5.91 Å². The third kappa shape index (κ3) is 3.13. The second-order valence-electron chi connectivity index (χ2n) is 5.90. The molecule has 134 valence electrons. The van der Waals surface area contributed by atoms with E-state index >= 15 is 0 Å². The molecule has 26 heavy (non-hydrogen) atoms. The van der Waals surface area contributed by atoms with Crippen LogP contribution in [0.3, 0.4) is 0 Å². The number of carbonyl (C=O) groups excluding carboxylic acids is 2. The summed E-state index contributed by atoms with van der Waals surface area (Å²) in [4.78, 5) is 42.4. The molecule has 2 heterocycles. The molecule has 0 spiro atoms.